The van der Waals surface area contributed by atoms with Crippen LogP contribution in [0.5, 0.6) is 0 Å². The summed E-state index contributed by atoms with van der Waals surface area (Å²) in [5.74, 6) is 1.83. The van der Waals surface area contributed by atoms with Crippen molar-refractivity contribution in [3.8, 4) is 0 Å². The molecule has 1 atom stereocenters. The third-order valence-corrected chi connectivity index (χ3v) is 5.70. The van der Waals surface area contributed by atoms with Gasteiger partial charge in [-0.05, 0) is 40.0 Å². The van der Waals surface area contributed by atoms with E-state index >= 15 is 0 Å². The van der Waals surface area contributed by atoms with Crippen LogP contribution < -0.4 is 0 Å². The third-order valence-electron chi connectivity index (χ3n) is 3.83. The van der Waals surface area contributed by atoms with Gasteiger partial charge in [0.15, 0.2) is 0 Å². The minimum absolute atomic E-state index is 0.233. The molecule has 1 fully saturated rings. The molecule has 0 N–H and O–H groups in total. The maximum Gasteiger partial charge on any atom is 0.410 e. The summed E-state index contributed by atoms with van der Waals surface area (Å²) in [5, 5.41) is 11.8. The van der Waals surface area contributed by atoms with E-state index in [0.29, 0.717) is 30.0 Å². The number of likely N-dealkylation sites (tertiary alicyclic amines) is 1. The van der Waals surface area contributed by atoms with Gasteiger partial charge >= 0.3 is 6.09 Å². The topological polar surface area (TPSA) is 81.4 Å². The molecule has 0 radical (unpaired) electrons. The van der Waals surface area contributed by atoms with Crippen molar-refractivity contribution in [2.75, 3.05) is 18.8 Å². The van der Waals surface area contributed by atoms with Gasteiger partial charge in [0.05, 0.1) is 17.1 Å². The lowest BCUT2D eigenvalue weighted by Gasteiger charge is -2.24. The van der Waals surface area contributed by atoms with Crippen LogP contribution in [0.1, 0.15) is 43.8 Å². The molecule has 1 saturated heterocycles. The maximum absolute atomic E-state index is 12.1. The van der Waals surface area contributed by atoms with Gasteiger partial charge in [0.2, 0.25) is 5.89 Å². The number of hydrogen-bond donors (Lipinski definition) is 0. The highest BCUT2D eigenvalue weighted by atomic mass is 32.2. The van der Waals surface area contributed by atoms with Gasteiger partial charge in [-0.15, -0.1) is 21.5 Å². The summed E-state index contributed by atoms with van der Waals surface area (Å²) >= 11 is 3.16. The molecular formula is C17H24N4O3S2. The highest BCUT2D eigenvalue weighted by Crippen LogP contribution is 2.26. The van der Waals surface area contributed by atoms with Crippen molar-refractivity contribution < 1.29 is 13.9 Å². The van der Waals surface area contributed by atoms with Crippen LogP contribution >= 0.6 is 23.1 Å². The fourth-order valence-corrected chi connectivity index (χ4v) is 4.18. The van der Waals surface area contributed by atoms with Gasteiger partial charge in [0.25, 0.3) is 5.22 Å². The van der Waals surface area contributed by atoms with E-state index in [1.165, 1.54) is 0 Å². The quantitative estimate of drug-likeness (QED) is 0.712. The van der Waals surface area contributed by atoms with Crippen LogP contribution in [0.25, 0.3) is 0 Å². The van der Waals surface area contributed by atoms with Gasteiger partial charge < -0.3 is 14.1 Å². The molecule has 0 saturated carbocycles. The molecule has 2 aromatic heterocycles. The molecule has 1 aliphatic heterocycles. The molecular weight excluding hydrogens is 372 g/mol. The molecule has 3 heterocycles. The van der Waals surface area contributed by atoms with Crippen LogP contribution in [-0.4, -0.2) is 50.6 Å². The minimum atomic E-state index is -0.458. The van der Waals surface area contributed by atoms with Crippen LogP contribution in [0.4, 0.5) is 4.79 Å². The molecule has 1 amide bonds. The lowest BCUT2D eigenvalue weighted by atomic mass is 10.2. The van der Waals surface area contributed by atoms with E-state index in [4.69, 9.17) is 9.15 Å². The molecule has 9 heteroatoms. The molecule has 0 bridgehead atoms. The molecule has 2 aromatic rings. The molecule has 0 aromatic carbocycles. The second-order valence-corrected chi connectivity index (χ2v) is 9.42. The Morgan fingerprint density at radius 1 is 1.46 bits per heavy atom. The first-order chi connectivity index (χ1) is 12.3. The zero-order valence-electron chi connectivity index (χ0n) is 15.5. The van der Waals surface area contributed by atoms with E-state index < -0.39 is 5.60 Å². The lowest BCUT2D eigenvalue weighted by molar-refractivity contribution is 0.0289. The van der Waals surface area contributed by atoms with E-state index in [1.807, 2.05) is 33.1 Å². The van der Waals surface area contributed by atoms with Crippen LogP contribution in [0.2, 0.25) is 0 Å². The summed E-state index contributed by atoms with van der Waals surface area (Å²) in [6.45, 7) is 9.07. The number of rotatable bonds is 5. The third kappa shape index (κ3) is 5.44. The molecule has 0 aliphatic carbocycles. The number of amides is 1. The zero-order chi connectivity index (χ0) is 18.7. The SMILES string of the molecule is Cc1nc(Cc2nnc(SCC3CCN(C(=O)OC(C)(C)C)C3)o2)cs1. The Labute approximate surface area is 161 Å². The van der Waals surface area contributed by atoms with Crippen LogP contribution in [0.15, 0.2) is 15.0 Å². The van der Waals surface area contributed by atoms with E-state index in [2.05, 4.69) is 15.2 Å². The van der Waals surface area contributed by atoms with E-state index in [9.17, 15) is 4.79 Å². The van der Waals surface area contributed by atoms with Gasteiger partial charge in [0.1, 0.15) is 5.60 Å². The number of thioether (sulfide) groups is 1. The number of aromatic nitrogens is 3. The van der Waals surface area contributed by atoms with Crippen molar-refractivity contribution in [3.63, 3.8) is 0 Å². The first-order valence-electron chi connectivity index (χ1n) is 8.62. The van der Waals surface area contributed by atoms with Crippen LogP contribution in [-0.2, 0) is 11.2 Å². The van der Waals surface area contributed by atoms with Gasteiger partial charge in [-0.3, -0.25) is 0 Å². The monoisotopic (exact) mass is 396 g/mol. The largest absolute Gasteiger partial charge is 0.444 e. The van der Waals surface area contributed by atoms with Crippen molar-refractivity contribution in [2.24, 2.45) is 5.92 Å². The summed E-state index contributed by atoms with van der Waals surface area (Å²) < 4.78 is 11.1. The fourth-order valence-electron chi connectivity index (χ4n) is 2.66. The van der Waals surface area contributed by atoms with Crippen LogP contribution in [0.3, 0.4) is 0 Å². The van der Waals surface area contributed by atoms with Crippen LogP contribution in [0, 0.1) is 12.8 Å². The second kappa shape index (κ2) is 7.96. The molecule has 1 unspecified atom stereocenters. The normalized spacial score (nSPS) is 17.7. The molecule has 142 valence electrons. The highest BCUT2D eigenvalue weighted by Gasteiger charge is 2.30. The molecule has 7 nitrogen and oxygen atoms in total. The molecule has 3 rings (SSSR count). The Morgan fingerprint density at radius 3 is 2.96 bits per heavy atom. The summed E-state index contributed by atoms with van der Waals surface area (Å²) in [6.07, 6.45) is 1.29. The van der Waals surface area contributed by atoms with E-state index in [0.717, 1.165) is 29.4 Å². The van der Waals surface area contributed by atoms with Crippen molar-refractivity contribution in [2.45, 2.75) is 51.4 Å². The van der Waals surface area contributed by atoms with Crippen molar-refractivity contribution in [3.05, 3.63) is 22.0 Å². The summed E-state index contributed by atoms with van der Waals surface area (Å²) in [4.78, 5) is 18.3. The molecule has 26 heavy (non-hydrogen) atoms. The van der Waals surface area contributed by atoms with Gasteiger partial charge in [-0.25, -0.2) is 9.78 Å². The number of ether oxygens (including phenoxy) is 1. The molecule has 0 spiro atoms. The summed E-state index contributed by atoms with van der Waals surface area (Å²) in [6, 6.07) is 0. The number of thiazole rings is 1. The Kier molecular flexibility index (Phi) is 5.86. The minimum Gasteiger partial charge on any atom is -0.444 e. The van der Waals surface area contributed by atoms with Crippen molar-refractivity contribution >= 4 is 29.2 Å². The zero-order valence-corrected chi connectivity index (χ0v) is 17.2. The lowest BCUT2D eigenvalue weighted by Crippen LogP contribution is -2.35. The Bertz CT molecular complexity index is 753. The van der Waals surface area contributed by atoms with Gasteiger partial charge in [-0.1, -0.05) is 11.8 Å². The number of hydrogen-bond acceptors (Lipinski definition) is 8. The predicted molar refractivity (Wildman–Crippen MR) is 101 cm³/mol. The number of carbonyl (C=O) groups is 1. The number of aryl methyl sites for hydroxylation is 1. The maximum atomic E-state index is 12.1. The van der Waals surface area contributed by atoms with E-state index in [-0.39, 0.29) is 6.09 Å². The number of nitrogens with zero attached hydrogens (tertiary/aromatic N) is 4. The Balaban J connectivity index is 1.44. The second-order valence-electron chi connectivity index (χ2n) is 7.39. The predicted octanol–water partition coefficient (Wildman–Crippen LogP) is 3.77. The standard InChI is InChI=1S/C17H24N4O3S2/c1-11-18-13(10-25-11)7-14-19-20-15(23-14)26-9-12-5-6-21(8-12)16(22)24-17(2,3)4/h10,12H,5-9H2,1-4H3. The van der Waals surface area contributed by atoms with Crippen molar-refractivity contribution in [1.29, 1.82) is 0 Å². The van der Waals surface area contributed by atoms with E-state index in [1.54, 1.807) is 28.0 Å². The first-order valence-corrected chi connectivity index (χ1v) is 10.5. The smallest absolute Gasteiger partial charge is 0.410 e. The summed E-state index contributed by atoms with van der Waals surface area (Å²) in [7, 11) is 0. The average molecular weight is 397 g/mol. The molecule has 1 aliphatic rings. The summed E-state index contributed by atoms with van der Waals surface area (Å²) in [5.41, 5.74) is 0.497. The van der Waals surface area contributed by atoms with Gasteiger partial charge in [0, 0.05) is 24.2 Å². The Hall–Kier alpha value is -1.61. The highest BCUT2D eigenvalue weighted by molar-refractivity contribution is 7.99. The van der Waals surface area contributed by atoms with Crippen molar-refractivity contribution in [1.82, 2.24) is 20.1 Å². The Morgan fingerprint density at radius 2 is 2.27 bits per heavy atom. The van der Waals surface area contributed by atoms with Gasteiger partial charge in [-0.2, -0.15) is 0 Å². The number of carbonyl (C=O) groups excluding carboxylic acids is 1. The first kappa shape index (κ1) is 19.2. The average Bonchev–Trinajstić information content (AvgIpc) is 3.25. The fraction of sp³-hybridized carbons (Fsp3) is 0.647.